The van der Waals surface area contributed by atoms with Crippen LogP contribution in [0.25, 0.3) is 22.3 Å². The van der Waals surface area contributed by atoms with E-state index in [1.165, 1.54) is 38.5 Å². The summed E-state index contributed by atoms with van der Waals surface area (Å²) in [6.07, 6.45) is 0. The highest BCUT2D eigenvalue weighted by Crippen LogP contribution is 2.43. The van der Waals surface area contributed by atoms with Crippen LogP contribution in [0.1, 0.15) is 0 Å². The number of hydrogen-bond acceptors (Lipinski definition) is 2. The van der Waals surface area contributed by atoms with Gasteiger partial charge in [0.05, 0.1) is 38.8 Å². The van der Waals surface area contributed by atoms with Crippen LogP contribution in [0.3, 0.4) is 0 Å². The molecule has 0 saturated carbocycles. The van der Waals surface area contributed by atoms with Gasteiger partial charge in [0.2, 0.25) is 0 Å². The Balaban J connectivity index is 0.000000196. The topological polar surface area (TPSA) is 18.5 Å². The van der Waals surface area contributed by atoms with Crippen molar-refractivity contribution in [3.63, 3.8) is 0 Å². The molecule has 0 aliphatic heterocycles. The minimum absolute atomic E-state index is 0.364. The Morgan fingerprint density at radius 2 is 1.11 bits per heavy atom. The molecule has 9 heteroatoms. The maximum Gasteiger partial charge on any atom is 0.141 e. The molecule has 0 aliphatic rings. The summed E-state index contributed by atoms with van der Waals surface area (Å²) in [6.45, 7) is 0. The van der Waals surface area contributed by atoms with E-state index in [-0.39, 0.29) is 5.82 Å². The molecule has 0 aliphatic carbocycles. The average molecular weight is 621 g/mol. The first kappa shape index (κ1) is 27.6. The van der Waals surface area contributed by atoms with Crippen LogP contribution >= 0.6 is 62.3 Å². The summed E-state index contributed by atoms with van der Waals surface area (Å²) in [5, 5.41) is 1.81. The van der Waals surface area contributed by atoms with Crippen molar-refractivity contribution in [1.29, 1.82) is 0 Å². The fourth-order valence-corrected chi connectivity index (χ4v) is 5.14. The lowest BCUT2D eigenvalue weighted by Gasteiger charge is -2.13. The zero-order chi connectivity index (χ0) is 25.7. The predicted molar refractivity (Wildman–Crippen MR) is 145 cm³/mol. The summed E-state index contributed by atoms with van der Waals surface area (Å²) in [7, 11) is 3.02. The van der Waals surface area contributed by atoms with E-state index in [0.29, 0.717) is 58.3 Å². The maximum absolute atomic E-state index is 13.5. The summed E-state index contributed by atoms with van der Waals surface area (Å²) in [5.41, 5.74) is 2.19. The molecule has 4 aromatic rings. The number of rotatable bonds is 4. The maximum atomic E-state index is 13.5. The van der Waals surface area contributed by atoms with E-state index >= 15 is 0 Å². The second-order valence-electron chi connectivity index (χ2n) is 7.01. The quantitative estimate of drug-likeness (QED) is 0.226. The van der Waals surface area contributed by atoms with Gasteiger partial charge in [0.25, 0.3) is 0 Å². The highest BCUT2D eigenvalue weighted by molar-refractivity contribution is 9.10. The first-order valence-corrected chi connectivity index (χ1v) is 12.2. The Morgan fingerprint density at radius 1 is 0.629 bits per heavy atom. The van der Waals surface area contributed by atoms with Gasteiger partial charge in [-0.3, -0.25) is 0 Å². The van der Waals surface area contributed by atoms with Gasteiger partial charge in [-0.05, 0) is 70.5 Å². The molecule has 0 unspecified atom stereocenters. The SMILES string of the molecule is COc1c(Br)cc(F)cc1-c1c(Cl)cccc1Cl.COc1ccc(F)cc1-c1c(Cl)cccc1Cl. The highest BCUT2D eigenvalue weighted by atomic mass is 79.9. The molecule has 0 aromatic heterocycles. The second-order valence-corrected chi connectivity index (χ2v) is 9.49. The van der Waals surface area contributed by atoms with Gasteiger partial charge in [-0.25, -0.2) is 8.78 Å². The van der Waals surface area contributed by atoms with Crippen molar-refractivity contribution in [1.82, 2.24) is 0 Å². The summed E-state index contributed by atoms with van der Waals surface area (Å²) >= 11 is 27.7. The predicted octanol–water partition coefficient (Wildman–Crippen LogP) is 10.4. The molecule has 0 spiro atoms. The summed E-state index contributed by atoms with van der Waals surface area (Å²) < 4.78 is 37.8. The molecule has 0 heterocycles. The third-order valence-corrected chi connectivity index (χ3v) is 6.69. The van der Waals surface area contributed by atoms with E-state index in [2.05, 4.69) is 15.9 Å². The van der Waals surface area contributed by atoms with Crippen molar-refractivity contribution in [2.75, 3.05) is 14.2 Å². The van der Waals surface area contributed by atoms with E-state index in [9.17, 15) is 8.78 Å². The van der Waals surface area contributed by atoms with Crippen molar-refractivity contribution < 1.29 is 18.3 Å². The third kappa shape index (κ3) is 6.41. The molecule has 35 heavy (non-hydrogen) atoms. The Kier molecular flexibility index (Phi) is 9.68. The van der Waals surface area contributed by atoms with Gasteiger partial charge in [-0.15, -0.1) is 0 Å². The highest BCUT2D eigenvalue weighted by Gasteiger charge is 2.17. The van der Waals surface area contributed by atoms with E-state index in [1.54, 1.807) is 42.5 Å². The molecule has 4 rings (SSSR count). The minimum Gasteiger partial charge on any atom is -0.496 e. The van der Waals surface area contributed by atoms with Crippen LogP contribution in [0.2, 0.25) is 20.1 Å². The number of hydrogen-bond donors (Lipinski definition) is 0. The molecule has 0 saturated heterocycles. The van der Waals surface area contributed by atoms with E-state index in [0.717, 1.165) is 0 Å². The molecule has 0 amide bonds. The zero-order valence-corrected chi connectivity index (χ0v) is 22.9. The Labute approximate surface area is 230 Å². The molecule has 182 valence electrons. The second kappa shape index (κ2) is 12.3. The first-order valence-electron chi connectivity index (χ1n) is 9.93. The fourth-order valence-electron chi connectivity index (χ4n) is 3.34. The lowest BCUT2D eigenvalue weighted by atomic mass is 10.0. The van der Waals surface area contributed by atoms with Gasteiger partial charge in [-0.1, -0.05) is 58.5 Å². The molecule has 0 N–H and O–H groups in total. The van der Waals surface area contributed by atoms with Gasteiger partial charge in [0, 0.05) is 22.3 Å². The summed E-state index contributed by atoms with van der Waals surface area (Å²) in [5.74, 6) is 0.262. The van der Waals surface area contributed by atoms with Gasteiger partial charge in [-0.2, -0.15) is 0 Å². The Morgan fingerprint density at radius 3 is 1.60 bits per heavy atom. The van der Waals surface area contributed by atoms with E-state index in [4.69, 9.17) is 55.9 Å². The monoisotopic (exact) mass is 618 g/mol. The molecule has 4 aromatic carbocycles. The fraction of sp³-hybridized carbons (Fsp3) is 0.0769. The average Bonchev–Trinajstić information content (AvgIpc) is 2.79. The molecular weight excluding hydrogens is 604 g/mol. The lowest BCUT2D eigenvalue weighted by Crippen LogP contribution is -1.92. The number of halogens is 7. The van der Waals surface area contributed by atoms with Crippen LogP contribution in [-0.4, -0.2) is 14.2 Å². The number of benzene rings is 4. The summed E-state index contributed by atoms with van der Waals surface area (Å²) in [4.78, 5) is 0. The van der Waals surface area contributed by atoms with E-state index < -0.39 is 5.82 Å². The normalized spacial score (nSPS) is 10.4. The molecule has 2 nitrogen and oxygen atoms in total. The Hall–Kier alpha value is -2.02. The molecular formula is C26H17BrCl4F2O2. The Bertz CT molecular complexity index is 1330. The van der Waals surface area contributed by atoms with Crippen LogP contribution < -0.4 is 9.47 Å². The first-order chi connectivity index (χ1) is 16.7. The molecule has 0 radical (unpaired) electrons. The third-order valence-electron chi connectivity index (χ3n) is 4.84. The molecule has 0 bridgehead atoms. The lowest BCUT2D eigenvalue weighted by molar-refractivity contribution is 0.412. The van der Waals surface area contributed by atoms with Crippen molar-refractivity contribution in [3.8, 4) is 33.8 Å². The van der Waals surface area contributed by atoms with Crippen molar-refractivity contribution in [2.45, 2.75) is 0 Å². The van der Waals surface area contributed by atoms with Gasteiger partial charge < -0.3 is 9.47 Å². The van der Waals surface area contributed by atoms with Crippen molar-refractivity contribution >= 4 is 62.3 Å². The summed E-state index contributed by atoms with van der Waals surface area (Å²) in [6, 6.07) is 17.2. The largest absolute Gasteiger partial charge is 0.496 e. The van der Waals surface area contributed by atoms with Crippen molar-refractivity contribution in [3.05, 3.63) is 103 Å². The van der Waals surface area contributed by atoms with Gasteiger partial charge in [0.15, 0.2) is 0 Å². The van der Waals surface area contributed by atoms with Crippen LogP contribution in [0.5, 0.6) is 11.5 Å². The number of ether oxygens (including phenoxy) is 2. The molecule has 0 fully saturated rings. The minimum atomic E-state index is -0.395. The zero-order valence-electron chi connectivity index (χ0n) is 18.3. The standard InChI is InChI=1S/C13H8BrCl2FO.C13H9Cl2FO/c1-18-13-8(5-7(17)6-9(13)14)12-10(15)3-2-4-11(12)16;1-17-12-6-5-8(16)7-9(12)13-10(14)3-2-4-11(13)15/h2-6H,1H3;2-7H,1H3. The van der Waals surface area contributed by atoms with Crippen LogP contribution in [0, 0.1) is 11.6 Å². The number of methoxy groups -OCH3 is 2. The smallest absolute Gasteiger partial charge is 0.141 e. The van der Waals surface area contributed by atoms with Crippen LogP contribution in [-0.2, 0) is 0 Å². The van der Waals surface area contributed by atoms with Crippen LogP contribution in [0.4, 0.5) is 8.78 Å². The van der Waals surface area contributed by atoms with Gasteiger partial charge in [0.1, 0.15) is 23.1 Å². The van der Waals surface area contributed by atoms with E-state index in [1.807, 2.05) is 0 Å². The van der Waals surface area contributed by atoms with Crippen LogP contribution in [0.15, 0.2) is 71.2 Å². The van der Waals surface area contributed by atoms with Crippen molar-refractivity contribution in [2.24, 2.45) is 0 Å². The van der Waals surface area contributed by atoms with Gasteiger partial charge >= 0.3 is 0 Å². The molecule has 0 atom stereocenters.